The van der Waals surface area contributed by atoms with E-state index in [9.17, 15) is 4.79 Å². The lowest BCUT2D eigenvalue weighted by Crippen LogP contribution is -2.25. The Labute approximate surface area is 158 Å². The predicted molar refractivity (Wildman–Crippen MR) is 109 cm³/mol. The zero-order chi connectivity index (χ0) is 18.5. The smallest absolute Gasteiger partial charge is 0.251 e. The summed E-state index contributed by atoms with van der Waals surface area (Å²) in [5.41, 5.74) is 4.73. The first-order chi connectivity index (χ1) is 13.3. The van der Waals surface area contributed by atoms with Crippen LogP contribution in [0.3, 0.4) is 0 Å². The van der Waals surface area contributed by atoms with Crippen LogP contribution in [0.25, 0.3) is 22.2 Å². The fraction of sp³-hybridized carbons (Fsp3) is 0.130. The fourth-order valence-corrected chi connectivity index (χ4v) is 3.23. The predicted octanol–water partition coefficient (Wildman–Crippen LogP) is 4.59. The Balaban J connectivity index is 1.37. The van der Waals surface area contributed by atoms with Gasteiger partial charge in [0.1, 0.15) is 5.82 Å². The third kappa shape index (κ3) is 3.90. The van der Waals surface area contributed by atoms with Gasteiger partial charge in [-0.15, -0.1) is 0 Å². The number of aryl methyl sites for hydroxylation is 1. The number of hydrogen-bond acceptors (Lipinski definition) is 2. The highest BCUT2D eigenvalue weighted by Gasteiger charge is 2.11. The molecule has 0 aliphatic heterocycles. The summed E-state index contributed by atoms with van der Waals surface area (Å²) < 4.78 is 0. The standard InChI is InChI=1S/C23H21N3O/c27-23(19-12-5-4-11-18(19)17-9-2-1-3-10-17)24-16-8-15-22-25-20-13-6-7-14-21(20)26-22/h1-7,9-14H,8,15-16H2,(H,24,27)(H,25,26). The Morgan fingerprint density at radius 1 is 0.889 bits per heavy atom. The van der Waals surface area contributed by atoms with Gasteiger partial charge in [-0.3, -0.25) is 4.79 Å². The van der Waals surface area contributed by atoms with Crippen LogP contribution in [0.4, 0.5) is 0 Å². The number of nitrogens with one attached hydrogen (secondary N) is 2. The van der Waals surface area contributed by atoms with Gasteiger partial charge < -0.3 is 10.3 Å². The minimum atomic E-state index is -0.0425. The fourth-order valence-electron chi connectivity index (χ4n) is 3.23. The lowest BCUT2D eigenvalue weighted by atomic mass is 9.99. The van der Waals surface area contributed by atoms with Crippen molar-refractivity contribution in [2.45, 2.75) is 12.8 Å². The summed E-state index contributed by atoms with van der Waals surface area (Å²) in [5, 5.41) is 3.03. The molecule has 4 heteroatoms. The number of hydrogen-bond donors (Lipinski definition) is 2. The molecule has 0 aliphatic rings. The van der Waals surface area contributed by atoms with Crippen LogP contribution in [0.2, 0.25) is 0 Å². The maximum Gasteiger partial charge on any atom is 0.251 e. The summed E-state index contributed by atoms with van der Waals surface area (Å²) in [7, 11) is 0. The van der Waals surface area contributed by atoms with E-state index in [0.717, 1.165) is 40.8 Å². The van der Waals surface area contributed by atoms with Crippen molar-refractivity contribution >= 4 is 16.9 Å². The number of amides is 1. The van der Waals surface area contributed by atoms with Crippen molar-refractivity contribution in [2.24, 2.45) is 0 Å². The summed E-state index contributed by atoms with van der Waals surface area (Å²) in [6.07, 6.45) is 1.63. The molecule has 134 valence electrons. The van der Waals surface area contributed by atoms with Crippen LogP contribution in [0.1, 0.15) is 22.6 Å². The molecule has 4 nitrogen and oxygen atoms in total. The van der Waals surface area contributed by atoms with Crippen LogP contribution in [0.15, 0.2) is 78.9 Å². The topological polar surface area (TPSA) is 57.8 Å². The molecule has 0 fully saturated rings. The van der Waals surface area contributed by atoms with E-state index in [-0.39, 0.29) is 5.91 Å². The summed E-state index contributed by atoms with van der Waals surface area (Å²) >= 11 is 0. The van der Waals surface area contributed by atoms with Crippen molar-refractivity contribution in [3.05, 3.63) is 90.3 Å². The SMILES string of the molecule is O=C(NCCCc1nc2ccccc2[nH]1)c1ccccc1-c1ccccc1. The normalized spacial score (nSPS) is 10.8. The molecular weight excluding hydrogens is 334 g/mol. The van der Waals surface area contributed by atoms with Crippen LogP contribution < -0.4 is 5.32 Å². The zero-order valence-corrected chi connectivity index (χ0v) is 15.0. The molecule has 27 heavy (non-hydrogen) atoms. The molecular formula is C23H21N3O. The van der Waals surface area contributed by atoms with Crippen molar-refractivity contribution in [1.29, 1.82) is 0 Å². The number of benzene rings is 3. The average Bonchev–Trinajstić information content (AvgIpc) is 3.14. The van der Waals surface area contributed by atoms with Crippen LogP contribution in [-0.2, 0) is 6.42 Å². The number of para-hydroxylation sites is 2. The number of H-pyrrole nitrogens is 1. The van der Waals surface area contributed by atoms with E-state index in [1.807, 2.05) is 78.9 Å². The molecule has 0 saturated heterocycles. The molecule has 0 saturated carbocycles. The van der Waals surface area contributed by atoms with Gasteiger partial charge in [0.25, 0.3) is 5.91 Å². The Morgan fingerprint density at radius 3 is 2.48 bits per heavy atom. The number of fused-ring (bicyclic) bond motifs is 1. The number of carbonyl (C=O) groups is 1. The van der Waals surface area contributed by atoms with Gasteiger partial charge in [-0.05, 0) is 35.7 Å². The molecule has 3 aromatic carbocycles. The van der Waals surface area contributed by atoms with E-state index in [4.69, 9.17) is 0 Å². The second-order valence-electron chi connectivity index (χ2n) is 6.47. The molecule has 1 heterocycles. The molecule has 0 unspecified atom stereocenters. The first-order valence-corrected chi connectivity index (χ1v) is 9.17. The molecule has 1 amide bonds. The molecule has 2 N–H and O–H groups in total. The minimum absolute atomic E-state index is 0.0425. The van der Waals surface area contributed by atoms with Gasteiger partial charge >= 0.3 is 0 Å². The number of carbonyl (C=O) groups excluding carboxylic acids is 1. The molecule has 0 atom stereocenters. The van der Waals surface area contributed by atoms with E-state index in [2.05, 4.69) is 15.3 Å². The highest BCUT2D eigenvalue weighted by Crippen LogP contribution is 2.23. The Morgan fingerprint density at radius 2 is 1.63 bits per heavy atom. The van der Waals surface area contributed by atoms with E-state index in [0.29, 0.717) is 12.1 Å². The van der Waals surface area contributed by atoms with Crippen LogP contribution in [0, 0.1) is 0 Å². The summed E-state index contributed by atoms with van der Waals surface area (Å²) in [6, 6.07) is 25.7. The van der Waals surface area contributed by atoms with Crippen molar-refractivity contribution in [1.82, 2.24) is 15.3 Å². The summed E-state index contributed by atoms with van der Waals surface area (Å²) in [5.74, 6) is 0.911. The van der Waals surface area contributed by atoms with E-state index in [1.54, 1.807) is 0 Å². The average molecular weight is 355 g/mol. The Bertz CT molecular complexity index is 1020. The third-order valence-electron chi connectivity index (χ3n) is 4.57. The Hall–Kier alpha value is -3.40. The van der Waals surface area contributed by atoms with E-state index < -0.39 is 0 Å². The first-order valence-electron chi connectivity index (χ1n) is 9.17. The van der Waals surface area contributed by atoms with Crippen LogP contribution >= 0.6 is 0 Å². The number of imidazole rings is 1. The largest absolute Gasteiger partial charge is 0.352 e. The molecule has 0 bridgehead atoms. The summed E-state index contributed by atoms with van der Waals surface area (Å²) in [6.45, 7) is 0.610. The lowest BCUT2D eigenvalue weighted by Gasteiger charge is -2.10. The molecule has 0 aliphatic carbocycles. The van der Waals surface area contributed by atoms with Gasteiger partial charge in [0.05, 0.1) is 11.0 Å². The second-order valence-corrected chi connectivity index (χ2v) is 6.47. The molecule has 4 rings (SSSR count). The third-order valence-corrected chi connectivity index (χ3v) is 4.57. The van der Waals surface area contributed by atoms with Crippen molar-refractivity contribution < 1.29 is 4.79 Å². The van der Waals surface area contributed by atoms with Gasteiger partial charge in [-0.25, -0.2) is 4.98 Å². The Kier molecular flexibility index (Phi) is 4.97. The monoisotopic (exact) mass is 355 g/mol. The zero-order valence-electron chi connectivity index (χ0n) is 15.0. The lowest BCUT2D eigenvalue weighted by molar-refractivity contribution is 0.0954. The van der Waals surface area contributed by atoms with Gasteiger partial charge in [-0.2, -0.15) is 0 Å². The van der Waals surface area contributed by atoms with Crippen molar-refractivity contribution in [2.75, 3.05) is 6.54 Å². The number of nitrogens with zero attached hydrogens (tertiary/aromatic N) is 1. The van der Waals surface area contributed by atoms with Gasteiger partial charge in [-0.1, -0.05) is 60.7 Å². The summed E-state index contributed by atoms with van der Waals surface area (Å²) in [4.78, 5) is 20.6. The number of rotatable bonds is 6. The van der Waals surface area contributed by atoms with Gasteiger partial charge in [0.2, 0.25) is 0 Å². The first kappa shape index (κ1) is 17.0. The van der Waals surface area contributed by atoms with E-state index >= 15 is 0 Å². The van der Waals surface area contributed by atoms with Crippen molar-refractivity contribution in [3.63, 3.8) is 0 Å². The van der Waals surface area contributed by atoms with Crippen LogP contribution in [0.5, 0.6) is 0 Å². The molecule has 4 aromatic rings. The molecule has 0 spiro atoms. The maximum absolute atomic E-state index is 12.7. The van der Waals surface area contributed by atoms with Crippen molar-refractivity contribution in [3.8, 4) is 11.1 Å². The maximum atomic E-state index is 12.7. The minimum Gasteiger partial charge on any atom is -0.352 e. The molecule has 1 aromatic heterocycles. The van der Waals surface area contributed by atoms with Gasteiger partial charge in [0.15, 0.2) is 0 Å². The number of aromatic amines is 1. The highest BCUT2D eigenvalue weighted by atomic mass is 16.1. The number of aromatic nitrogens is 2. The quantitative estimate of drug-likeness (QED) is 0.497. The second kappa shape index (κ2) is 7.87. The van der Waals surface area contributed by atoms with Gasteiger partial charge in [0, 0.05) is 18.5 Å². The highest BCUT2D eigenvalue weighted by molar-refractivity contribution is 6.00. The van der Waals surface area contributed by atoms with E-state index in [1.165, 1.54) is 0 Å². The molecule has 0 radical (unpaired) electrons. The van der Waals surface area contributed by atoms with Crippen LogP contribution in [-0.4, -0.2) is 22.4 Å².